The second kappa shape index (κ2) is 10.3. The molecule has 0 aromatic heterocycles. The molecule has 0 fully saturated rings. The molecular weight excluding hydrogens is 520 g/mol. The Hall–Kier alpha value is -4.56. The molecule has 43 heavy (non-hydrogen) atoms. The fraction of sp³-hybridized carbons (Fsp3) is 0.220. The Balaban J connectivity index is 1.04. The number of anilines is 4. The first-order valence-corrected chi connectivity index (χ1v) is 15.8. The molecule has 0 saturated heterocycles. The van der Waals surface area contributed by atoms with Crippen LogP contribution in [0.3, 0.4) is 0 Å². The maximum Gasteiger partial charge on any atom is 0.0443 e. The van der Waals surface area contributed by atoms with Crippen LogP contribution in [-0.4, -0.2) is 13.1 Å². The molecule has 5 aromatic rings. The normalized spacial score (nSPS) is 16.5. The van der Waals surface area contributed by atoms with E-state index in [1.165, 1.54) is 92.9 Å². The van der Waals surface area contributed by atoms with E-state index in [1.54, 1.807) is 0 Å². The summed E-state index contributed by atoms with van der Waals surface area (Å²) in [5.41, 5.74) is 16.2. The fourth-order valence-corrected chi connectivity index (χ4v) is 7.58. The monoisotopic (exact) mass is 558 g/mol. The van der Waals surface area contributed by atoms with E-state index >= 15 is 0 Å². The summed E-state index contributed by atoms with van der Waals surface area (Å²) in [5, 5.41) is 0. The van der Waals surface area contributed by atoms with Gasteiger partial charge in [-0.1, -0.05) is 98.8 Å². The number of benzene rings is 5. The van der Waals surface area contributed by atoms with E-state index in [1.807, 2.05) is 0 Å². The smallest absolute Gasteiger partial charge is 0.0443 e. The first kappa shape index (κ1) is 26.1. The van der Waals surface area contributed by atoms with Crippen LogP contribution in [0.15, 0.2) is 109 Å². The average molecular weight is 559 g/mol. The van der Waals surface area contributed by atoms with Gasteiger partial charge in [0.2, 0.25) is 0 Å². The van der Waals surface area contributed by atoms with Crippen LogP contribution in [0.1, 0.15) is 60.1 Å². The van der Waals surface area contributed by atoms with Crippen molar-refractivity contribution >= 4 is 34.9 Å². The van der Waals surface area contributed by atoms with Gasteiger partial charge in [-0.2, -0.15) is 0 Å². The van der Waals surface area contributed by atoms with Crippen molar-refractivity contribution in [1.29, 1.82) is 0 Å². The lowest BCUT2D eigenvalue weighted by molar-refractivity contribution is 0.659. The van der Waals surface area contributed by atoms with Crippen LogP contribution < -0.4 is 9.80 Å². The van der Waals surface area contributed by atoms with Gasteiger partial charge in [0.15, 0.2) is 0 Å². The summed E-state index contributed by atoms with van der Waals surface area (Å²) in [6.07, 6.45) is 9.25. The van der Waals surface area contributed by atoms with Crippen molar-refractivity contribution in [2.24, 2.45) is 0 Å². The topological polar surface area (TPSA) is 6.48 Å². The number of nitrogens with zero attached hydrogens (tertiary/aromatic N) is 2. The summed E-state index contributed by atoms with van der Waals surface area (Å²) in [5.74, 6) is 0. The minimum Gasteiger partial charge on any atom is -0.341 e. The zero-order valence-electron chi connectivity index (χ0n) is 25.2. The van der Waals surface area contributed by atoms with E-state index in [-0.39, 0.29) is 5.41 Å². The molecule has 3 aliphatic rings. The van der Waals surface area contributed by atoms with Gasteiger partial charge < -0.3 is 9.80 Å². The van der Waals surface area contributed by atoms with E-state index in [0.717, 1.165) is 13.1 Å². The van der Waals surface area contributed by atoms with Crippen molar-refractivity contribution in [2.75, 3.05) is 22.9 Å². The van der Waals surface area contributed by atoms with Crippen molar-refractivity contribution in [3.8, 4) is 11.1 Å². The molecule has 2 nitrogen and oxygen atoms in total. The molecule has 0 atom stereocenters. The lowest BCUT2D eigenvalue weighted by atomic mass is 9.81. The van der Waals surface area contributed by atoms with Crippen LogP contribution in [-0.2, 0) is 18.3 Å². The summed E-state index contributed by atoms with van der Waals surface area (Å²) in [4.78, 5) is 4.98. The first-order valence-electron chi connectivity index (χ1n) is 15.8. The Morgan fingerprint density at radius 1 is 0.535 bits per heavy atom. The van der Waals surface area contributed by atoms with Crippen LogP contribution in [0.5, 0.6) is 0 Å². The fourth-order valence-electron chi connectivity index (χ4n) is 7.58. The molecule has 212 valence electrons. The molecule has 0 bridgehead atoms. The molecule has 5 aromatic carbocycles. The third-order valence-electron chi connectivity index (χ3n) is 9.89. The molecule has 8 rings (SSSR count). The Kier molecular flexibility index (Phi) is 6.26. The van der Waals surface area contributed by atoms with E-state index in [0.29, 0.717) is 0 Å². The lowest BCUT2D eigenvalue weighted by Crippen LogP contribution is -2.25. The Bertz CT molecular complexity index is 1860. The highest BCUT2D eigenvalue weighted by molar-refractivity contribution is 5.85. The molecule has 0 saturated carbocycles. The van der Waals surface area contributed by atoms with Gasteiger partial charge in [-0.25, -0.2) is 0 Å². The molecule has 1 aliphatic carbocycles. The van der Waals surface area contributed by atoms with Crippen molar-refractivity contribution in [3.05, 3.63) is 143 Å². The predicted octanol–water partition coefficient (Wildman–Crippen LogP) is 10.3. The number of hydrogen-bond acceptors (Lipinski definition) is 2. The van der Waals surface area contributed by atoms with Crippen molar-refractivity contribution < 1.29 is 0 Å². The Morgan fingerprint density at radius 3 is 1.72 bits per heavy atom. The van der Waals surface area contributed by atoms with Crippen molar-refractivity contribution in [3.63, 3.8) is 0 Å². The van der Waals surface area contributed by atoms with Gasteiger partial charge in [0.1, 0.15) is 0 Å². The molecular formula is C41H38N2. The number of para-hydroxylation sites is 2. The summed E-state index contributed by atoms with van der Waals surface area (Å²) in [6, 6.07) is 40.9. The lowest BCUT2D eigenvalue weighted by Gasteiger charge is -2.32. The second-order valence-electron chi connectivity index (χ2n) is 12.9. The van der Waals surface area contributed by atoms with E-state index < -0.39 is 0 Å². The van der Waals surface area contributed by atoms with Gasteiger partial charge in [-0.3, -0.25) is 0 Å². The van der Waals surface area contributed by atoms with Crippen LogP contribution >= 0.6 is 0 Å². The number of hydrogen-bond donors (Lipinski definition) is 0. The third-order valence-corrected chi connectivity index (χ3v) is 9.89. The van der Waals surface area contributed by atoms with Crippen LogP contribution in [0.4, 0.5) is 22.7 Å². The molecule has 0 amide bonds. The Labute approximate surface area is 255 Å². The van der Waals surface area contributed by atoms with E-state index in [4.69, 9.17) is 0 Å². The van der Waals surface area contributed by atoms with Gasteiger partial charge in [0, 0.05) is 41.3 Å². The molecule has 2 heterocycles. The summed E-state index contributed by atoms with van der Waals surface area (Å²) in [7, 11) is 0. The predicted molar refractivity (Wildman–Crippen MR) is 183 cm³/mol. The quantitative estimate of drug-likeness (QED) is 0.202. The van der Waals surface area contributed by atoms with Crippen molar-refractivity contribution in [2.45, 2.75) is 44.9 Å². The molecule has 2 heteroatoms. The molecule has 0 radical (unpaired) electrons. The van der Waals surface area contributed by atoms with Crippen molar-refractivity contribution in [1.82, 2.24) is 0 Å². The zero-order chi connectivity index (χ0) is 29.0. The van der Waals surface area contributed by atoms with Crippen LogP contribution in [0.2, 0.25) is 0 Å². The highest BCUT2D eigenvalue weighted by Crippen LogP contribution is 2.50. The van der Waals surface area contributed by atoms with Gasteiger partial charge in [-0.15, -0.1) is 0 Å². The van der Waals surface area contributed by atoms with Gasteiger partial charge in [-0.05, 0) is 107 Å². The number of aryl methyl sites for hydroxylation is 2. The minimum absolute atomic E-state index is 0.0494. The molecule has 0 spiro atoms. The minimum atomic E-state index is -0.0494. The zero-order valence-corrected chi connectivity index (χ0v) is 25.2. The second-order valence-corrected chi connectivity index (χ2v) is 12.9. The molecule has 0 N–H and O–H groups in total. The average Bonchev–Trinajstić information content (AvgIpc) is 3.28. The summed E-state index contributed by atoms with van der Waals surface area (Å²) >= 11 is 0. The summed E-state index contributed by atoms with van der Waals surface area (Å²) in [6.45, 7) is 6.92. The third kappa shape index (κ3) is 4.48. The van der Waals surface area contributed by atoms with Crippen LogP contribution in [0.25, 0.3) is 23.3 Å². The molecule has 2 aliphatic heterocycles. The van der Waals surface area contributed by atoms with Gasteiger partial charge in [0.25, 0.3) is 0 Å². The number of rotatable bonds is 4. The van der Waals surface area contributed by atoms with Crippen LogP contribution in [0, 0.1) is 0 Å². The van der Waals surface area contributed by atoms with E-state index in [2.05, 4.69) is 145 Å². The van der Waals surface area contributed by atoms with Gasteiger partial charge in [0.05, 0.1) is 0 Å². The maximum atomic E-state index is 2.52. The SMILES string of the molecule is CC1(C)c2cc(/C=C/c3ccc(N4CCCc5ccccc54)cc3)ccc2-c2ccc(N3CCCc4ccccc43)cc21. The highest BCUT2D eigenvalue weighted by Gasteiger charge is 2.36. The van der Waals surface area contributed by atoms with Gasteiger partial charge >= 0.3 is 0 Å². The Morgan fingerprint density at radius 2 is 1.05 bits per heavy atom. The van der Waals surface area contributed by atoms with E-state index in [9.17, 15) is 0 Å². The highest BCUT2D eigenvalue weighted by atomic mass is 15.1. The summed E-state index contributed by atoms with van der Waals surface area (Å²) < 4.78 is 0. The largest absolute Gasteiger partial charge is 0.341 e. The first-order chi connectivity index (χ1) is 21.1. The number of fused-ring (bicyclic) bond motifs is 5. The maximum absolute atomic E-state index is 2.52. The molecule has 0 unspecified atom stereocenters. The standard InChI is InChI=1S/C41H38N2/c1-41(2)37-27-30(16-15-29-17-20-33(21-18-29)42-25-7-11-31-9-3-5-13-39(31)42)19-23-35(37)36-24-22-34(28-38(36)41)43-26-8-12-32-10-4-6-14-40(32)43/h3-6,9-10,13-24,27-28H,7-8,11-12,25-26H2,1-2H3/b16-15+.